The van der Waals surface area contributed by atoms with Crippen LogP contribution in [0.15, 0.2) is 42.6 Å². The second-order valence-electron chi connectivity index (χ2n) is 3.73. The summed E-state index contributed by atoms with van der Waals surface area (Å²) in [6.07, 6.45) is 2.65. The maximum Gasteiger partial charge on any atom is 0.224 e. The quantitative estimate of drug-likeness (QED) is 0.876. The molecule has 2 aromatic rings. The van der Waals surface area contributed by atoms with E-state index in [2.05, 4.69) is 11.9 Å². The fourth-order valence-electron chi connectivity index (χ4n) is 1.54. The number of benzene rings is 1. The van der Waals surface area contributed by atoms with Gasteiger partial charge in [0.2, 0.25) is 5.88 Å². The average molecular weight is 229 g/mol. The molecular formula is C14H15NO2. The standard InChI is InChI=1S/C14H15NO2/c1-2-11-5-7-13(8-6-11)17-14-12(10-16)4-3-9-15-14/h3-9,16H,2,10H2,1H3. The fourth-order valence-corrected chi connectivity index (χ4v) is 1.54. The number of hydrogen-bond acceptors (Lipinski definition) is 3. The molecule has 0 aliphatic rings. The van der Waals surface area contributed by atoms with Crippen LogP contribution in [-0.2, 0) is 13.0 Å². The monoisotopic (exact) mass is 229 g/mol. The molecule has 3 heteroatoms. The first-order valence-corrected chi connectivity index (χ1v) is 5.65. The number of aliphatic hydroxyl groups excluding tert-OH is 1. The van der Waals surface area contributed by atoms with Crippen molar-refractivity contribution in [1.82, 2.24) is 4.98 Å². The van der Waals surface area contributed by atoms with Crippen molar-refractivity contribution in [2.45, 2.75) is 20.0 Å². The lowest BCUT2D eigenvalue weighted by Crippen LogP contribution is -1.94. The van der Waals surface area contributed by atoms with Crippen LogP contribution in [0.25, 0.3) is 0 Å². The van der Waals surface area contributed by atoms with Crippen molar-refractivity contribution in [1.29, 1.82) is 0 Å². The largest absolute Gasteiger partial charge is 0.439 e. The van der Waals surface area contributed by atoms with E-state index in [-0.39, 0.29) is 6.61 Å². The van der Waals surface area contributed by atoms with Crippen LogP contribution in [0.1, 0.15) is 18.1 Å². The van der Waals surface area contributed by atoms with E-state index in [0.29, 0.717) is 11.4 Å². The molecule has 0 bridgehead atoms. The smallest absolute Gasteiger partial charge is 0.224 e. The Balaban J connectivity index is 2.19. The molecule has 0 radical (unpaired) electrons. The molecule has 0 aliphatic carbocycles. The minimum absolute atomic E-state index is 0.0732. The summed E-state index contributed by atoms with van der Waals surface area (Å²) in [4.78, 5) is 4.11. The SMILES string of the molecule is CCc1ccc(Oc2ncccc2CO)cc1. The minimum Gasteiger partial charge on any atom is -0.439 e. The Morgan fingerprint density at radius 3 is 2.59 bits per heavy atom. The molecule has 0 unspecified atom stereocenters. The van der Waals surface area contributed by atoms with Crippen molar-refractivity contribution in [2.75, 3.05) is 0 Å². The molecule has 0 saturated carbocycles. The van der Waals surface area contributed by atoms with E-state index < -0.39 is 0 Å². The number of pyridine rings is 1. The summed E-state index contributed by atoms with van der Waals surface area (Å²) in [6.45, 7) is 2.04. The Hall–Kier alpha value is -1.87. The zero-order valence-electron chi connectivity index (χ0n) is 9.76. The topological polar surface area (TPSA) is 42.4 Å². The van der Waals surface area contributed by atoms with Crippen LogP contribution < -0.4 is 4.74 Å². The number of aromatic nitrogens is 1. The highest BCUT2D eigenvalue weighted by atomic mass is 16.5. The van der Waals surface area contributed by atoms with E-state index in [9.17, 15) is 0 Å². The van der Waals surface area contributed by atoms with Gasteiger partial charge in [0, 0.05) is 11.8 Å². The van der Waals surface area contributed by atoms with E-state index in [0.717, 1.165) is 12.2 Å². The fraction of sp³-hybridized carbons (Fsp3) is 0.214. The van der Waals surface area contributed by atoms with Gasteiger partial charge in [-0.25, -0.2) is 4.98 Å². The van der Waals surface area contributed by atoms with Crippen LogP contribution in [0, 0.1) is 0 Å². The molecule has 17 heavy (non-hydrogen) atoms. The molecule has 1 aromatic carbocycles. The van der Waals surface area contributed by atoms with Crippen molar-refractivity contribution in [3.63, 3.8) is 0 Å². The predicted octanol–water partition coefficient (Wildman–Crippen LogP) is 2.93. The van der Waals surface area contributed by atoms with Gasteiger partial charge in [0.15, 0.2) is 0 Å². The number of rotatable bonds is 4. The van der Waals surface area contributed by atoms with Gasteiger partial charge in [-0.2, -0.15) is 0 Å². The zero-order valence-corrected chi connectivity index (χ0v) is 9.76. The number of ether oxygens (including phenoxy) is 1. The summed E-state index contributed by atoms with van der Waals surface area (Å²) in [7, 11) is 0. The highest BCUT2D eigenvalue weighted by molar-refractivity contribution is 5.33. The van der Waals surface area contributed by atoms with Gasteiger partial charge in [0.05, 0.1) is 6.61 Å². The van der Waals surface area contributed by atoms with E-state index in [4.69, 9.17) is 9.84 Å². The predicted molar refractivity (Wildman–Crippen MR) is 66.1 cm³/mol. The summed E-state index contributed by atoms with van der Waals surface area (Å²) in [6, 6.07) is 11.4. The second-order valence-corrected chi connectivity index (χ2v) is 3.73. The summed E-state index contributed by atoms with van der Waals surface area (Å²) >= 11 is 0. The van der Waals surface area contributed by atoms with E-state index >= 15 is 0 Å². The lowest BCUT2D eigenvalue weighted by molar-refractivity contribution is 0.275. The third-order valence-corrected chi connectivity index (χ3v) is 2.57. The lowest BCUT2D eigenvalue weighted by Gasteiger charge is -2.08. The van der Waals surface area contributed by atoms with Gasteiger partial charge in [-0.05, 0) is 36.2 Å². The number of nitrogens with zero attached hydrogens (tertiary/aromatic N) is 1. The normalized spacial score (nSPS) is 10.2. The number of aliphatic hydroxyl groups is 1. The first-order chi connectivity index (χ1) is 8.33. The molecule has 1 N–H and O–H groups in total. The van der Waals surface area contributed by atoms with Gasteiger partial charge in [-0.1, -0.05) is 19.1 Å². The second kappa shape index (κ2) is 5.46. The van der Waals surface area contributed by atoms with E-state index in [1.165, 1.54) is 5.56 Å². The molecule has 88 valence electrons. The zero-order chi connectivity index (χ0) is 12.1. The van der Waals surface area contributed by atoms with Crippen LogP contribution in [0.2, 0.25) is 0 Å². The minimum atomic E-state index is -0.0732. The van der Waals surface area contributed by atoms with Gasteiger partial charge >= 0.3 is 0 Å². The van der Waals surface area contributed by atoms with Gasteiger partial charge < -0.3 is 9.84 Å². The molecule has 2 rings (SSSR count). The van der Waals surface area contributed by atoms with Crippen molar-refractivity contribution >= 4 is 0 Å². The van der Waals surface area contributed by atoms with Crippen LogP contribution in [0.5, 0.6) is 11.6 Å². The Kier molecular flexibility index (Phi) is 3.73. The van der Waals surface area contributed by atoms with E-state index in [1.54, 1.807) is 18.3 Å². The third-order valence-electron chi connectivity index (χ3n) is 2.57. The van der Waals surface area contributed by atoms with E-state index in [1.807, 2.05) is 24.3 Å². The molecule has 3 nitrogen and oxygen atoms in total. The van der Waals surface area contributed by atoms with Crippen molar-refractivity contribution in [2.24, 2.45) is 0 Å². The average Bonchev–Trinajstić information content (AvgIpc) is 2.40. The number of hydrogen-bond donors (Lipinski definition) is 1. The summed E-state index contributed by atoms with van der Waals surface area (Å²) in [5.41, 5.74) is 1.95. The maximum atomic E-state index is 9.16. The van der Waals surface area contributed by atoms with Crippen LogP contribution in [0.3, 0.4) is 0 Å². The Labute approximate surface area is 101 Å². The first-order valence-electron chi connectivity index (χ1n) is 5.65. The molecule has 1 heterocycles. The van der Waals surface area contributed by atoms with Crippen LogP contribution in [0.4, 0.5) is 0 Å². The van der Waals surface area contributed by atoms with Crippen LogP contribution >= 0.6 is 0 Å². The molecule has 0 saturated heterocycles. The summed E-state index contributed by atoms with van der Waals surface area (Å²) in [5.74, 6) is 1.19. The van der Waals surface area contributed by atoms with Crippen molar-refractivity contribution in [3.05, 3.63) is 53.7 Å². The Bertz CT molecular complexity index is 480. The Morgan fingerprint density at radius 2 is 1.94 bits per heavy atom. The molecule has 0 amide bonds. The highest BCUT2D eigenvalue weighted by Crippen LogP contribution is 2.23. The number of aryl methyl sites for hydroxylation is 1. The van der Waals surface area contributed by atoms with Crippen molar-refractivity contribution < 1.29 is 9.84 Å². The third kappa shape index (κ3) is 2.82. The molecule has 0 aliphatic heterocycles. The Morgan fingerprint density at radius 1 is 1.18 bits per heavy atom. The van der Waals surface area contributed by atoms with Gasteiger partial charge in [0.25, 0.3) is 0 Å². The molecular weight excluding hydrogens is 214 g/mol. The maximum absolute atomic E-state index is 9.16. The molecule has 0 atom stereocenters. The van der Waals surface area contributed by atoms with Crippen molar-refractivity contribution in [3.8, 4) is 11.6 Å². The molecule has 1 aromatic heterocycles. The first kappa shape index (κ1) is 11.6. The lowest BCUT2D eigenvalue weighted by atomic mass is 10.2. The summed E-state index contributed by atoms with van der Waals surface area (Å²) < 4.78 is 5.63. The van der Waals surface area contributed by atoms with Gasteiger partial charge in [-0.15, -0.1) is 0 Å². The molecule has 0 spiro atoms. The highest BCUT2D eigenvalue weighted by Gasteiger charge is 2.04. The molecule has 0 fully saturated rings. The van der Waals surface area contributed by atoms with Gasteiger partial charge in [0.1, 0.15) is 5.75 Å². The summed E-state index contributed by atoms with van der Waals surface area (Å²) in [5, 5.41) is 9.16. The van der Waals surface area contributed by atoms with Gasteiger partial charge in [-0.3, -0.25) is 0 Å². The van der Waals surface area contributed by atoms with Crippen LogP contribution in [-0.4, -0.2) is 10.1 Å².